The SMILES string of the molecule is O=C(Nc1ccc(N2CCOCC2)cc1)c1cncc(-c2ccc(N3CCOCC3)nc2)c1. The highest BCUT2D eigenvalue weighted by molar-refractivity contribution is 6.04. The molecule has 0 bridgehead atoms. The van der Waals surface area contributed by atoms with Crippen molar-refractivity contribution in [3.63, 3.8) is 0 Å². The molecule has 2 fully saturated rings. The number of anilines is 3. The Hall–Kier alpha value is -3.49. The van der Waals surface area contributed by atoms with E-state index in [1.165, 1.54) is 0 Å². The summed E-state index contributed by atoms with van der Waals surface area (Å²) in [5, 5.41) is 2.96. The molecule has 1 aromatic carbocycles. The topological polar surface area (TPSA) is 79.8 Å². The van der Waals surface area contributed by atoms with Gasteiger partial charge in [-0.3, -0.25) is 9.78 Å². The number of carbonyl (C=O) groups excluding carboxylic acids is 1. The van der Waals surface area contributed by atoms with Crippen LogP contribution >= 0.6 is 0 Å². The lowest BCUT2D eigenvalue weighted by molar-refractivity contribution is 0.102. The van der Waals surface area contributed by atoms with Crippen molar-refractivity contribution < 1.29 is 14.3 Å². The van der Waals surface area contributed by atoms with Crippen molar-refractivity contribution in [1.82, 2.24) is 9.97 Å². The Bertz CT molecular complexity index is 1080. The van der Waals surface area contributed by atoms with Crippen molar-refractivity contribution in [3.05, 3.63) is 66.6 Å². The Morgan fingerprint density at radius 1 is 0.788 bits per heavy atom. The number of carbonyl (C=O) groups is 1. The Kier molecular flexibility index (Phi) is 6.46. The molecule has 5 rings (SSSR count). The van der Waals surface area contributed by atoms with Crippen molar-refractivity contribution in [2.75, 3.05) is 67.7 Å². The fraction of sp³-hybridized carbons (Fsp3) is 0.320. The van der Waals surface area contributed by atoms with Crippen LogP contribution < -0.4 is 15.1 Å². The maximum atomic E-state index is 12.8. The first-order valence-electron chi connectivity index (χ1n) is 11.2. The van der Waals surface area contributed by atoms with Crippen LogP contribution in [-0.4, -0.2) is 68.5 Å². The third kappa shape index (κ3) is 5.13. The first-order valence-corrected chi connectivity index (χ1v) is 11.2. The predicted octanol–water partition coefficient (Wildman–Crippen LogP) is 3.07. The number of ether oxygens (including phenoxy) is 2. The van der Waals surface area contributed by atoms with Gasteiger partial charge in [-0.2, -0.15) is 0 Å². The molecule has 0 aliphatic carbocycles. The van der Waals surface area contributed by atoms with Crippen LogP contribution in [0, 0.1) is 0 Å². The number of morpholine rings is 2. The van der Waals surface area contributed by atoms with Gasteiger partial charge < -0.3 is 24.6 Å². The third-order valence-corrected chi connectivity index (χ3v) is 5.92. The number of benzene rings is 1. The molecule has 0 unspecified atom stereocenters. The minimum Gasteiger partial charge on any atom is -0.378 e. The van der Waals surface area contributed by atoms with E-state index in [1.807, 2.05) is 48.7 Å². The van der Waals surface area contributed by atoms with E-state index in [-0.39, 0.29) is 5.91 Å². The molecule has 8 nitrogen and oxygen atoms in total. The van der Waals surface area contributed by atoms with Gasteiger partial charge in [0.25, 0.3) is 5.91 Å². The van der Waals surface area contributed by atoms with Crippen molar-refractivity contribution in [1.29, 1.82) is 0 Å². The normalized spacial score (nSPS) is 16.5. The highest BCUT2D eigenvalue weighted by atomic mass is 16.5. The van der Waals surface area contributed by atoms with E-state index in [0.717, 1.165) is 80.9 Å². The van der Waals surface area contributed by atoms with Gasteiger partial charge in [0, 0.05) is 67.3 Å². The highest BCUT2D eigenvalue weighted by Gasteiger charge is 2.14. The molecule has 0 radical (unpaired) electrons. The van der Waals surface area contributed by atoms with E-state index in [9.17, 15) is 4.79 Å². The Labute approximate surface area is 193 Å². The molecule has 2 saturated heterocycles. The molecule has 170 valence electrons. The standard InChI is InChI=1S/C25H27N5O3/c31-25(28-22-2-4-23(5-3-22)29-7-11-32-12-8-29)21-15-20(16-26-17-21)19-1-6-24(27-18-19)30-9-13-33-14-10-30/h1-6,15-18H,7-14H2,(H,28,31). The Morgan fingerprint density at radius 3 is 2.15 bits per heavy atom. The minimum atomic E-state index is -0.193. The number of amides is 1. The summed E-state index contributed by atoms with van der Waals surface area (Å²) in [6.45, 7) is 6.38. The number of nitrogens with zero attached hydrogens (tertiary/aromatic N) is 4. The molecule has 0 atom stereocenters. The summed E-state index contributed by atoms with van der Waals surface area (Å²) >= 11 is 0. The molecular weight excluding hydrogens is 418 g/mol. The lowest BCUT2D eigenvalue weighted by Crippen LogP contribution is -2.36. The smallest absolute Gasteiger partial charge is 0.257 e. The average Bonchev–Trinajstić information content (AvgIpc) is 2.90. The largest absolute Gasteiger partial charge is 0.378 e. The molecule has 8 heteroatoms. The van der Waals surface area contributed by atoms with Crippen LogP contribution in [0.25, 0.3) is 11.1 Å². The fourth-order valence-corrected chi connectivity index (χ4v) is 4.04. The molecular formula is C25H27N5O3. The summed E-state index contributed by atoms with van der Waals surface area (Å²) in [4.78, 5) is 26.2. The predicted molar refractivity (Wildman–Crippen MR) is 128 cm³/mol. The monoisotopic (exact) mass is 445 g/mol. The number of nitrogens with one attached hydrogen (secondary N) is 1. The van der Waals surface area contributed by atoms with Crippen LogP contribution in [-0.2, 0) is 9.47 Å². The van der Waals surface area contributed by atoms with Crippen LogP contribution in [0.5, 0.6) is 0 Å². The molecule has 2 aliphatic heterocycles. The summed E-state index contributed by atoms with van der Waals surface area (Å²) in [5.74, 6) is 0.741. The van der Waals surface area contributed by atoms with Gasteiger partial charge >= 0.3 is 0 Å². The van der Waals surface area contributed by atoms with Crippen LogP contribution in [0.1, 0.15) is 10.4 Å². The number of pyridine rings is 2. The lowest BCUT2D eigenvalue weighted by atomic mass is 10.1. The summed E-state index contributed by atoms with van der Waals surface area (Å²) in [6, 6.07) is 13.8. The fourth-order valence-electron chi connectivity index (χ4n) is 4.04. The molecule has 3 aromatic rings. The highest BCUT2D eigenvalue weighted by Crippen LogP contribution is 2.23. The Morgan fingerprint density at radius 2 is 1.48 bits per heavy atom. The number of rotatable bonds is 5. The number of hydrogen-bond acceptors (Lipinski definition) is 7. The van der Waals surface area contributed by atoms with Crippen molar-refractivity contribution in [3.8, 4) is 11.1 Å². The van der Waals surface area contributed by atoms with E-state index < -0.39 is 0 Å². The number of aromatic nitrogens is 2. The van der Waals surface area contributed by atoms with E-state index in [4.69, 9.17) is 9.47 Å². The molecule has 1 N–H and O–H groups in total. The molecule has 33 heavy (non-hydrogen) atoms. The lowest BCUT2D eigenvalue weighted by Gasteiger charge is -2.28. The molecule has 2 aliphatic rings. The second kappa shape index (κ2) is 9.97. The zero-order chi connectivity index (χ0) is 22.5. The summed E-state index contributed by atoms with van der Waals surface area (Å²) < 4.78 is 10.8. The quantitative estimate of drug-likeness (QED) is 0.647. The molecule has 2 aromatic heterocycles. The summed E-state index contributed by atoms with van der Waals surface area (Å²) in [6.07, 6.45) is 5.16. The second-order valence-electron chi connectivity index (χ2n) is 8.07. The number of hydrogen-bond donors (Lipinski definition) is 1. The van der Waals surface area contributed by atoms with Gasteiger partial charge in [0.2, 0.25) is 0 Å². The van der Waals surface area contributed by atoms with Gasteiger partial charge in [0.05, 0.1) is 32.0 Å². The van der Waals surface area contributed by atoms with Gasteiger partial charge in [-0.1, -0.05) is 0 Å². The molecule has 4 heterocycles. The maximum Gasteiger partial charge on any atom is 0.257 e. The molecule has 1 amide bonds. The minimum absolute atomic E-state index is 0.193. The first kappa shape index (κ1) is 21.4. The van der Waals surface area contributed by atoms with Crippen molar-refractivity contribution >= 4 is 23.1 Å². The van der Waals surface area contributed by atoms with Crippen molar-refractivity contribution in [2.24, 2.45) is 0 Å². The zero-order valence-electron chi connectivity index (χ0n) is 18.4. The average molecular weight is 446 g/mol. The summed E-state index contributed by atoms with van der Waals surface area (Å²) in [5.41, 5.74) is 4.16. The first-order chi connectivity index (χ1) is 16.3. The van der Waals surface area contributed by atoms with Gasteiger partial charge in [0.1, 0.15) is 5.82 Å². The maximum absolute atomic E-state index is 12.8. The summed E-state index contributed by atoms with van der Waals surface area (Å²) in [7, 11) is 0. The van der Waals surface area contributed by atoms with Gasteiger partial charge in [-0.05, 0) is 42.5 Å². The van der Waals surface area contributed by atoms with Crippen LogP contribution in [0.2, 0.25) is 0 Å². The van der Waals surface area contributed by atoms with E-state index in [1.54, 1.807) is 12.4 Å². The van der Waals surface area contributed by atoms with Gasteiger partial charge in [-0.15, -0.1) is 0 Å². The Balaban J connectivity index is 1.25. The third-order valence-electron chi connectivity index (χ3n) is 5.92. The molecule has 0 saturated carbocycles. The van der Waals surface area contributed by atoms with Crippen LogP contribution in [0.3, 0.4) is 0 Å². The second-order valence-corrected chi connectivity index (χ2v) is 8.07. The zero-order valence-corrected chi connectivity index (χ0v) is 18.4. The van der Waals surface area contributed by atoms with E-state index in [0.29, 0.717) is 5.56 Å². The van der Waals surface area contributed by atoms with Crippen LogP contribution in [0.4, 0.5) is 17.2 Å². The van der Waals surface area contributed by atoms with E-state index >= 15 is 0 Å². The van der Waals surface area contributed by atoms with E-state index in [2.05, 4.69) is 25.1 Å². The van der Waals surface area contributed by atoms with Crippen LogP contribution in [0.15, 0.2) is 61.1 Å². The molecule has 0 spiro atoms. The van der Waals surface area contributed by atoms with Gasteiger partial charge in [0.15, 0.2) is 0 Å². The van der Waals surface area contributed by atoms with Gasteiger partial charge in [-0.25, -0.2) is 4.98 Å². The van der Waals surface area contributed by atoms with Crippen molar-refractivity contribution in [2.45, 2.75) is 0 Å².